The Kier molecular flexibility index (Phi) is 2.91. The molecule has 1 aromatic heterocycles. The van der Waals surface area contributed by atoms with Crippen molar-refractivity contribution >= 4 is 8.07 Å². The van der Waals surface area contributed by atoms with Crippen LogP contribution in [0, 0.1) is 11.5 Å². The summed E-state index contributed by atoms with van der Waals surface area (Å²) in [6, 6.07) is 0. The molecule has 0 bridgehead atoms. The van der Waals surface area contributed by atoms with Crippen molar-refractivity contribution in [2.45, 2.75) is 32.7 Å². The number of likely N-dealkylation sites (N-methyl/N-ethyl adjacent to an activating group) is 1. The van der Waals surface area contributed by atoms with Gasteiger partial charge in [-0.1, -0.05) is 25.6 Å². The molecule has 0 aliphatic carbocycles. The van der Waals surface area contributed by atoms with Crippen molar-refractivity contribution in [3.8, 4) is 11.5 Å². The van der Waals surface area contributed by atoms with E-state index < -0.39 is 8.07 Å². The van der Waals surface area contributed by atoms with Crippen LogP contribution in [0.25, 0.3) is 0 Å². The van der Waals surface area contributed by atoms with Crippen LogP contribution in [0.1, 0.15) is 11.5 Å². The van der Waals surface area contributed by atoms with Gasteiger partial charge in [0.05, 0.1) is 12.7 Å². The van der Waals surface area contributed by atoms with Crippen molar-refractivity contribution < 1.29 is 0 Å². The summed E-state index contributed by atoms with van der Waals surface area (Å²) in [6.07, 6.45) is 1.92. The molecular formula is C12H19N3Si. The van der Waals surface area contributed by atoms with Crippen molar-refractivity contribution in [3.05, 3.63) is 17.7 Å². The maximum Gasteiger partial charge on any atom is 0.129 e. The van der Waals surface area contributed by atoms with Gasteiger partial charge in [-0.15, -0.1) is 5.54 Å². The molecule has 0 spiro atoms. The zero-order valence-corrected chi connectivity index (χ0v) is 11.5. The molecule has 0 saturated heterocycles. The average Bonchev–Trinajstić information content (AvgIpc) is 2.56. The first-order valence-electron chi connectivity index (χ1n) is 5.72. The summed E-state index contributed by atoms with van der Waals surface area (Å²) in [5.41, 5.74) is 4.49. The number of imidazole rings is 1. The lowest BCUT2D eigenvalue weighted by Crippen LogP contribution is -2.31. The Morgan fingerprint density at radius 3 is 2.75 bits per heavy atom. The topological polar surface area (TPSA) is 21.1 Å². The molecule has 4 heteroatoms. The summed E-state index contributed by atoms with van der Waals surface area (Å²) >= 11 is 0. The van der Waals surface area contributed by atoms with E-state index in [9.17, 15) is 0 Å². The number of fused-ring (bicyclic) bond motifs is 1. The van der Waals surface area contributed by atoms with Gasteiger partial charge in [-0.05, 0) is 7.05 Å². The largest absolute Gasteiger partial charge is 0.319 e. The molecule has 1 aromatic rings. The molecule has 1 aliphatic rings. The molecule has 0 atom stereocenters. The second kappa shape index (κ2) is 4.08. The minimum atomic E-state index is -1.28. The van der Waals surface area contributed by atoms with Gasteiger partial charge in [0.25, 0.3) is 0 Å². The predicted molar refractivity (Wildman–Crippen MR) is 68.8 cm³/mol. The third kappa shape index (κ3) is 2.54. The van der Waals surface area contributed by atoms with E-state index in [1.54, 1.807) is 0 Å². The fourth-order valence-corrected chi connectivity index (χ4v) is 2.24. The quantitative estimate of drug-likeness (QED) is 0.501. The highest BCUT2D eigenvalue weighted by Gasteiger charge is 2.16. The Bertz CT molecular complexity index is 445. The van der Waals surface area contributed by atoms with Crippen LogP contribution >= 0.6 is 0 Å². The average molecular weight is 233 g/mol. The molecule has 0 N–H and O–H groups in total. The molecule has 2 heterocycles. The van der Waals surface area contributed by atoms with Crippen LogP contribution in [0.3, 0.4) is 0 Å². The number of rotatable bonds is 0. The van der Waals surface area contributed by atoms with Crippen LogP contribution in [-0.2, 0) is 13.1 Å². The van der Waals surface area contributed by atoms with E-state index in [1.807, 2.05) is 6.20 Å². The van der Waals surface area contributed by atoms with Gasteiger partial charge in [-0.25, -0.2) is 4.98 Å². The van der Waals surface area contributed by atoms with Gasteiger partial charge in [-0.2, -0.15) is 0 Å². The van der Waals surface area contributed by atoms with Gasteiger partial charge in [0.15, 0.2) is 0 Å². The predicted octanol–water partition coefficient (Wildman–Crippen LogP) is 1.56. The Morgan fingerprint density at radius 2 is 2.06 bits per heavy atom. The van der Waals surface area contributed by atoms with Gasteiger partial charge in [0.1, 0.15) is 19.6 Å². The molecule has 2 rings (SSSR count). The second-order valence-electron chi connectivity index (χ2n) is 5.45. The lowest BCUT2D eigenvalue weighted by atomic mass is 10.3. The number of nitrogens with zero attached hydrogens (tertiary/aromatic N) is 3. The molecule has 0 radical (unpaired) electrons. The van der Waals surface area contributed by atoms with Crippen LogP contribution in [0.15, 0.2) is 6.20 Å². The first-order chi connectivity index (χ1) is 7.46. The molecule has 0 amide bonds. The van der Waals surface area contributed by atoms with Gasteiger partial charge in [0, 0.05) is 13.1 Å². The maximum atomic E-state index is 4.44. The van der Waals surface area contributed by atoms with Gasteiger partial charge >= 0.3 is 0 Å². The highest BCUT2D eigenvalue weighted by Crippen LogP contribution is 2.12. The summed E-state index contributed by atoms with van der Waals surface area (Å²) in [5, 5.41) is 0. The highest BCUT2D eigenvalue weighted by atomic mass is 28.3. The van der Waals surface area contributed by atoms with E-state index in [0.29, 0.717) is 0 Å². The SMILES string of the molecule is CN1CCn2c(C#C[Si](C)(C)C)cnc2C1. The lowest BCUT2D eigenvalue weighted by Gasteiger charge is -2.23. The van der Waals surface area contributed by atoms with Gasteiger partial charge in [0.2, 0.25) is 0 Å². The lowest BCUT2D eigenvalue weighted by molar-refractivity contribution is 0.264. The molecular weight excluding hydrogens is 214 g/mol. The molecule has 0 unspecified atom stereocenters. The molecule has 0 aromatic carbocycles. The molecule has 1 aliphatic heterocycles. The Balaban J connectivity index is 2.27. The second-order valence-corrected chi connectivity index (χ2v) is 10.2. The monoisotopic (exact) mass is 233 g/mol. The summed E-state index contributed by atoms with van der Waals surface area (Å²) in [6.45, 7) is 9.84. The summed E-state index contributed by atoms with van der Waals surface area (Å²) in [4.78, 5) is 6.73. The van der Waals surface area contributed by atoms with E-state index in [4.69, 9.17) is 0 Å². The van der Waals surface area contributed by atoms with Crippen molar-refractivity contribution in [1.82, 2.24) is 14.5 Å². The van der Waals surface area contributed by atoms with Crippen LogP contribution in [0.2, 0.25) is 19.6 Å². The van der Waals surface area contributed by atoms with E-state index >= 15 is 0 Å². The highest BCUT2D eigenvalue weighted by molar-refractivity contribution is 6.83. The molecule has 16 heavy (non-hydrogen) atoms. The number of aromatic nitrogens is 2. The van der Waals surface area contributed by atoms with E-state index in [2.05, 4.69) is 52.6 Å². The molecule has 0 fully saturated rings. The van der Waals surface area contributed by atoms with Gasteiger partial charge in [-0.3, -0.25) is 4.90 Å². The first-order valence-corrected chi connectivity index (χ1v) is 9.22. The number of hydrogen-bond donors (Lipinski definition) is 0. The molecule has 3 nitrogen and oxygen atoms in total. The minimum absolute atomic E-state index is 0.939. The third-order valence-electron chi connectivity index (χ3n) is 2.62. The van der Waals surface area contributed by atoms with Crippen molar-refractivity contribution in [3.63, 3.8) is 0 Å². The van der Waals surface area contributed by atoms with Crippen molar-refractivity contribution in [2.75, 3.05) is 13.6 Å². The van der Waals surface area contributed by atoms with E-state index in [0.717, 1.165) is 31.2 Å². The van der Waals surface area contributed by atoms with Crippen molar-refractivity contribution in [1.29, 1.82) is 0 Å². The third-order valence-corrected chi connectivity index (χ3v) is 3.50. The van der Waals surface area contributed by atoms with Crippen LogP contribution < -0.4 is 0 Å². The molecule has 0 saturated carbocycles. The zero-order valence-electron chi connectivity index (χ0n) is 10.5. The Morgan fingerprint density at radius 1 is 1.31 bits per heavy atom. The number of hydrogen-bond acceptors (Lipinski definition) is 2. The first kappa shape index (κ1) is 11.4. The van der Waals surface area contributed by atoms with E-state index in [-0.39, 0.29) is 0 Å². The Labute approximate surface area is 98.5 Å². The Hall–Kier alpha value is -1.05. The van der Waals surface area contributed by atoms with Crippen LogP contribution in [-0.4, -0.2) is 36.1 Å². The standard InChI is InChI=1S/C12H19N3Si/c1-14-6-7-15-11(5-8-16(2,3)4)9-13-12(15)10-14/h9H,6-7,10H2,1-4H3. The molecule has 86 valence electrons. The van der Waals surface area contributed by atoms with E-state index in [1.165, 1.54) is 0 Å². The van der Waals surface area contributed by atoms with Gasteiger partial charge < -0.3 is 4.57 Å². The van der Waals surface area contributed by atoms with Crippen molar-refractivity contribution in [2.24, 2.45) is 0 Å². The smallest absolute Gasteiger partial charge is 0.129 e. The summed E-state index contributed by atoms with van der Waals surface area (Å²) in [7, 11) is 0.846. The minimum Gasteiger partial charge on any atom is -0.319 e. The normalized spacial score (nSPS) is 16.5. The summed E-state index contributed by atoms with van der Waals surface area (Å²) < 4.78 is 2.26. The summed E-state index contributed by atoms with van der Waals surface area (Å²) in [5.74, 6) is 4.45. The maximum absolute atomic E-state index is 4.44. The fraction of sp³-hybridized carbons (Fsp3) is 0.583. The zero-order chi connectivity index (χ0) is 11.8. The van der Waals surface area contributed by atoms with Crippen LogP contribution in [0.5, 0.6) is 0 Å². The fourth-order valence-electron chi connectivity index (χ4n) is 1.73. The van der Waals surface area contributed by atoms with Crippen LogP contribution in [0.4, 0.5) is 0 Å².